The second-order valence-corrected chi connectivity index (χ2v) is 23.8. The number of piperazine rings is 1. The first-order valence-electron chi connectivity index (χ1n) is 32.1. The minimum absolute atomic E-state index is 0.0134. The number of carbonyl (C=O) groups is 1. The van der Waals surface area contributed by atoms with E-state index < -0.39 is 0 Å². The van der Waals surface area contributed by atoms with Crippen molar-refractivity contribution < 1.29 is 4.79 Å². The molecule has 1 amide bonds. The highest BCUT2D eigenvalue weighted by molar-refractivity contribution is 7.20. The number of fused-ring (bicyclic) bond motifs is 3. The van der Waals surface area contributed by atoms with E-state index in [1.165, 1.54) is 36.8 Å². The summed E-state index contributed by atoms with van der Waals surface area (Å²) in [7, 11) is 2.16. The molecule has 0 atom stereocenters. The van der Waals surface area contributed by atoms with Crippen LogP contribution in [0, 0.1) is 0 Å². The van der Waals surface area contributed by atoms with Gasteiger partial charge in [-0.3, -0.25) is 9.89 Å². The van der Waals surface area contributed by atoms with Crippen LogP contribution in [0.4, 0.5) is 87.4 Å². The van der Waals surface area contributed by atoms with Gasteiger partial charge in [-0.2, -0.15) is 43.8 Å². The maximum absolute atomic E-state index is 11.9. The quantitative estimate of drug-likeness (QED) is 0.0434. The number of benzene rings is 5. The number of para-hydroxylation sites is 2. The zero-order valence-corrected chi connectivity index (χ0v) is 55.9. The van der Waals surface area contributed by atoms with E-state index in [0.717, 1.165) is 101 Å². The molecule has 11 heterocycles. The van der Waals surface area contributed by atoms with Crippen LogP contribution in [-0.2, 0) is 11.2 Å². The second-order valence-electron chi connectivity index (χ2n) is 22.8. The lowest BCUT2D eigenvalue weighted by atomic mass is 10.1. The van der Waals surface area contributed by atoms with E-state index >= 15 is 0 Å². The molecule has 0 radical (unpaired) electrons. The van der Waals surface area contributed by atoms with E-state index in [9.17, 15) is 4.79 Å². The summed E-state index contributed by atoms with van der Waals surface area (Å²) in [6.45, 7) is 12.8. The Kier molecular flexibility index (Phi) is 19.6. The summed E-state index contributed by atoms with van der Waals surface area (Å²) in [5.41, 5.74) is 33.7. The Morgan fingerprint density at radius 2 is 1.05 bits per heavy atom. The van der Waals surface area contributed by atoms with Crippen LogP contribution < -0.4 is 58.9 Å². The molecule has 2 aliphatic rings. The van der Waals surface area contributed by atoms with Crippen molar-refractivity contribution in [2.45, 2.75) is 27.2 Å². The number of nitrogens with zero attached hydrogens (tertiary/aromatic N) is 21. The summed E-state index contributed by atoms with van der Waals surface area (Å²) in [5.74, 6) is 4.60. The summed E-state index contributed by atoms with van der Waals surface area (Å²) in [4.78, 5) is 55.0. The van der Waals surface area contributed by atoms with Gasteiger partial charge >= 0.3 is 0 Å². The summed E-state index contributed by atoms with van der Waals surface area (Å²) < 4.78 is 7.12. The van der Waals surface area contributed by atoms with Crippen LogP contribution in [-0.4, -0.2) is 153 Å². The Bertz CT molecular complexity index is 4990. The molecule has 0 aliphatic carbocycles. The normalized spacial score (nSPS) is 12.6. The van der Waals surface area contributed by atoms with Gasteiger partial charge in [-0.05, 0) is 154 Å². The fraction of sp³-hybridized carbons (Fsp3) is 0.176. The fourth-order valence-corrected chi connectivity index (χ4v) is 12.0. The Morgan fingerprint density at radius 3 is 1.59 bits per heavy atom. The van der Waals surface area contributed by atoms with Crippen LogP contribution in [0.25, 0.3) is 43.7 Å². The Labute approximate surface area is 577 Å². The van der Waals surface area contributed by atoms with Crippen LogP contribution in [0.15, 0.2) is 189 Å². The van der Waals surface area contributed by atoms with Crippen molar-refractivity contribution >= 4 is 126 Å². The average Bonchev–Trinajstić information content (AvgIpc) is 1.65. The van der Waals surface area contributed by atoms with Gasteiger partial charge in [0.25, 0.3) is 0 Å². The zero-order chi connectivity index (χ0) is 69.1. The van der Waals surface area contributed by atoms with Crippen molar-refractivity contribution in [3.63, 3.8) is 0 Å². The van der Waals surface area contributed by atoms with Crippen LogP contribution in [0.3, 0.4) is 0 Å². The molecule has 0 saturated carbocycles. The van der Waals surface area contributed by atoms with Crippen molar-refractivity contribution in [1.82, 2.24) is 94.1 Å². The fourth-order valence-electron chi connectivity index (χ4n) is 11.1. The third kappa shape index (κ3) is 15.3. The summed E-state index contributed by atoms with van der Waals surface area (Å²) >= 11 is 1.53. The third-order valence-electron chi connectivity index (χ3n) is 16.2. The maximum atomic E-state index is 11.9. The van der Waals surface area contributed by atoms with Gasteiger partial charge in [-0.1, -0.05) is 53.8 Å². The molecule has 13 N–H and O–H groups in total. The number of likely N-dealkylation sites (N-methyl/N-ethyl adjacent to an activating group) is 1. The standard InChI is InChI=1S/C19H21N7S.C18H22N8.C17H17N7O.C14H12N8/c1-3-25(4-2)14-11-9-13(10-12-14)21-18-23-17(20)26(24-18)19-22-15-7-5-6-8-16(15)27-19;1-24-10-12-25(13-11-24)15-7-5-14(6-8-15)21-18-22-17(19)26(23-18)16-4-2-3-9-20-16;1-11(25)23-10-8-12-5-4-6-13(15(12)23)20-17-21-16(18)24(22-17)14-7-2-3-9-19-14;15-13-19-14(21-22(13)12-3-1-2-6-16-12)18-10-4-5-11-9(7-10)8-17-20-11/h5-12H,3-4H2,1-2H3,(H3,20,21,23,24);2-9H,10-13H2,1H3,(H3,19,21,22,23);2-7,9H,8,10H2,1H3,(H3,18,20,21,22);1-8H,(H,17,20)(H3,15,18,19,21). The van der Waals surface area contributed by atoms with E-state index in [1.807, 2.05) is 133 Å². The van der Waals surface area contributed by atoms with Gasteiger partial charge in [-0.25, -0.2) is 19.9 Å². The van der Waals surface area contributed by atoms with Gasteiger partial charge in [-0.15, -0.1) is 20.4 Å². The predicted octanol–water partition coefficient (Wildman–Crippen LogP) is 9.55. The Balaban J connectivity index is 0.000000120. The van der Waals surface area contributed by atoms with Crippen molar-refractivity contribution in [3.8, 4) is 22.6 Å². The van der Waals surface area contributed by atoms with Crippen molar-refractivity contribution in [1.29, 1.82) is 0 Å². The number of nitrogen functional groups attached to an aromatic ring is 4. The maximum Gasteiger partial charge on any atom is 0.248 e. The highest BCUT2D eigenvalue weighted by Gasteiger charge is 2.26. The van der Waals surface area contributed by atoms with Crippen molar-refractivity contribution in [2.24, 2.45) is 0 Å². The van der Waals surface area contributed by atoms with Gasteiger partial charge in [0.2, 0.25) is 58.6 Å². The smallest absolute Gasteiger partial charge is 0.248 e. The predicted molar refractivity (Wildman–Crippen MR) is 393 cm³/mol. The lowest BCUT2D eigenvalue weighted by Gasteiger charge is -2.34. The van der Waals surface area contributed by atoms with Crippen molar-refractivity contribution in [3.05, 3.63) is 194 Å². The van der Waals surface area contributed by atoms with Crippen LogP contribution in [0.2, 0.25) is 0 Å². The van der Waals surface area contributed by atoms with Gasteiger partial charge < -0.3 is 63.8 Å². The number of aromatic nitrogens is 18. The van der Waals surface area contributed by atoms with Crippen LogP contribution in [0.1, 0.15) is 26.3 Å². The molecule has 9 aromatic heterocycles. The van der Waals surface area contributed by atoms with E-state index in [1.54, 1.807) is 47.4 Å². The first-order chi connectivity index (χ1) is 48.8. The van der Waals surface area contributed by atoms with E-state index in [-0.39, 0.29) is 17.8 Å². The summed E-state index contributed by atoms with van der Waals surface area (Å²) in [6, 6.07) is 52.7. The SMILES string of the molecule is CC(=O)N1CCc2cccc(Nc3nc(N)n(-c4ccccn4)n3)c21.CCN(CC)c1ccc(Nc2nc(N)n(-c3nc4ccccc4s3)n2)cc1.CN1CCN(c2ccc(Nc3nc(N)n(-c4ccccn4)n3)cc2)CC1.Nc1nc(Nc2ccc3[nH]ncc3c2)nn1-c1ccccn1. The molecule has 2 aliphatic heterocycles. The first kappa shape index (κ1) is 65.6. The number of pyridine rings is 3. The lowest BCUT2D eigenvalue weighted by molar-refractivity contribution is -0.116. The number of nitrogens with two attached hydrogens (primary N) is 4. The molecule has 506 valence electrons. The number of thiazole rings is 1. The molecule has 0 spiro atoms. The first-order valence-corrected chi connectivity index (χ1v) is 32.9. The molecule has 16 rings (SSSR count). The molecule has 5 aromatic carbocycles. The highest BCUT2D eigenvalue weighted by Crippen LogP contribution is 2.37. The number of nitrogens with one attached hydrogen (secondary N) is 5. The number of carbonyl (C=O) groups excluding carboxylic acids is 1. The minimum Gasteiger partial charge on any atom is -0.372 e. The van der Waals surface area contributed by atoms with E-state index in [4.69, 9.17) is 22.9 Å². The van der Waals surface area contributed by atoms with Gasteiger partial charge in [0.05, 0.1) is 33.3 Å². The number of amides is 1. The minimum atomic E-state index is 0.0134. The number of hydrogen-bond donors (Lipinski definition) is 9. The van der Waals surface area contributed by atoms with Crippen LogP contribution in [0.5, 0.6) is 0 Å². The van der Waals surface area contributed by atoms with Crippen molar-refractivity contribution in [2.75, 3.05) is 112 Å². The molecular weight excluding hydrogens is 1290 g/mol. The third-order valence-corrected chi connectivity index (χ3v) is 17.2. The largest absolute Gasteiger partial charge is 0.372 e. The molecule has 32 heteroatoms. The molecule has 0 bridgehead atoms. The molecule has 1 fully saturated rings. The van der Waals surface area contributed by atoms with E-state index in [2.05, 4.69) is 152 Å². The average molecular weight is 1360 g/mol. The lowest BCUT2D eigenvalue weighted by Crippen LogP contribution is -2.44. The van der Waals surface area contributed by atoms with Gasteiger partial charge in [0.15, 0.2) is 17.5 Å². The second kappa shape index (κ2) is 29.9. The highest BCUT2D eigenvalue weighted by atomic mass is 32.1. The number of H-pyrrole nitrogens is 1. The number of aromatic amines is 1. The van der Waals surface area contributed by atoms with Crippen LogP contribution >= 0.6 is 11.3 Å². The number of rotatable bonds is 16. The topological polar surface area (TPSA) is 385 Å². The van der Waals surface area contributed by atoms with E-state index in [0.29, 0.717) is 64.8 Å². The monoisotopic (exact) mass is 1360 g/mol. The Hall–Kier alpha value is -13.1. The zero-order valence-electron chi connectivity index (χ0n) is 55.1. The molecule has 31 nitrogen and oxygen atoms in total. The summed E-state index contributed by atoms with van der Waals surface area (Å²) in [5, 5.41) is 38.9. The van der Waals surface area contributed by atoms with Gasteiger partial charge in [0.1, 0.15) is 0 Å². The number of hydrogen-bond acceptors (Lipinski definition) is 26. The molecule has 100 heavy (non-hydrogen) atoms. The molecule has 1 saturated heterocycles. The molecular formula is C68H72N30OS. The molecule has 14 aromatic rings. The number of anilines is 15. The summed E-state index contributed by atoms with van der Waals surface area (Å²) in [6.07, 6.45) is 7.63. The molecule has 0 unspecified atom stereocenters. The Morgan fingerprint density at radius 1 is 0.540 bits per heavy atom. The van der Waals surface area contributed by atoms with Gasteiger partial charge in [0, 0.05) is 105 Å².